The number of aryl methyl sites for hydroxylation is 1. The Morgan fingerprint density at radius 3 is 2.56 bits per heavy atom. The summed E-state index contributed by atoms with van der Waals surface area (Å²) in [5, 5.41) is 19.8. The van der Waals surface area contributed by atoms with Gasteiger partial charge in [0.2, 0.25) is 0 Å². The number of pyridine rings is 1. The fourth-order valence-corrected chi connectivity index (χ4v) is 2.40. The first-order valence-corrected chi connectivity index (χ1v) is 7.87. The number of nitro groups is 1. The lowest BCUT2D eigenvalue weighted by molar-refractivity contribution is -0.385. The van der Waals surface area contributed by atoms with Crippen molar-refractivity contribution in [1.82, 2.24) is 4.57 Å². The third kappa shape index (κ3) is 4.38. The van der Waals surface area contributed by atoms with Crippen LogP contribution in [0.25, 0.3) is 0 Å². The smallest absolute Gasteiger partial charge is 0.287 e. The molecule has 0 fully saturated rings. The summed E-state index contributed by atoms with van der Waals surface area (Å²) < 4.78 is 0.907. The van der Waals surface area contributed by atoms with Crippen molar-refractivity contribution in [3.05, 3.63) is 73.7 Å². The summed E-state index contributed by atoms with van der Waals surface area (Å²) in [6, 6.07) is 9.62. The van der Waals surface area contributed by atoms with E-state index >= 15 is 0 Å². The van der Waals surface area contributed by atoms with E-state index in [2.05, 4.69) is 6.92 Å². The maximum atomic E-state index is 12.4. The second kappa shape index (κ2) is 8.02. The standard InChI is InChI=1S/C18H17N3O4/c1-2-3-4-13-5-7-14(8-6-13)17(22)12-20-11-16(21(24)25)9-15(10-19)18(20)23/h5-9,11H,2-4,12H2,1H3. The molecule has 0 aliphatic heterocycles. The van der Waals surface area contributed by atoms with E-state index in [1.165, 1.54) is 0 Å². The van der Waals surface area contributed by atoms with Gasteiger partial charge in [-0.2, -0.15) is 5.26 Å². The molecule has 0 aliphatic rings. The molecule has 7 nitrogen and oxygen atoms in total. The highest BCUT2D eigenvalue weighted by Gasteiger charge is 2.16. The number of nitrogens with zero attached hydrogens (tertiary/aromatic N) is 3. The third-order valence-electron chi connectivity index (χ3n) is 3.81. The van der Waals surface area contributed by atoms with Crippen LogP contribution in [-0.4, -0.2) is 15.3 Å². The van der Waals surface area contributed by atoms with Gasteiger partial charge in [0.1, 0.15) is 11.6 Å². The molecule has 2 rings (SSSR count). The van der Waals surface area contributed by atoms with E-state index in [1.807, 2.05) is 12.1 Å². The van der Waals surface area contributed by atoms with Gasteiger partial charge in [-0.05, 0) is 18.4 Å². The van der Waals surface area contributed by atoms with Crippen molar-refractivity contribution in [2.75, 3.05) is 0 Å². The van der Waals surface area contributed by atoms with Gasteiger partial charge in [-0.1, -0.05) is 37.6 Å². The molecule has 0 bridgehead atoms. The highest BCUT2D eigenvalue weighted by Crippen LogP contribution is 2.12. The van der Waals surface area contributed by atoms with E-state index in [1.54, 1.807) is 18.2 Å². The lowest BCUT2D eigenvalue weighted by Crippen LogP contribution is -2.26. The Labute approximate surface area is 144 Å². The molecule has 1 heterocycles. The largest absolute Gasteiger partial charge is 0.300 e. The normalized spacial score (nSPS) is 10.2. The van der Waals surface area contributed by atoms with Crippen LogP contribution in [0.5, 0.6) is 0 Å². The predicted octanol–water partition coefficient (Wildman–Crippen LogP) is 2.85. The SMILES string of the molecule is CCCCc1ccc(C(=O)Cn2cc([N+](=O)[O-])cc(C#N)c2=O)cc1. The van der Waals surface area contributed by atoms with Crippen LogP contribution in [0.1, 0.15) is 41.3 Å². The van der Waals surface area contributed by atoms with Crippen molar-refractivity contribution in [3.63, 3.8) is 0 Å². The van der Waals surface area contributed by atoms with Gasteiger partial charge >= 0.3 is 0 Å². The number of benzene rings is 1. The average molecular weight is 339 g/mol. The first-order chi connectivity index (χ1) is 12.0. The lowest BCUT2D eigenvalue weighted by atomic mass is 10.0. The molecule has 1 aromatic carbocycles. The topological polar surface area (TPSA) is 106 Å². The first-order valence-electron chi connectivity index (χ1n) is 7.87. The Kier molecular flexibility index (Phi) is 5.79. The molecule has 1 aromatic heterocycles. The van der Waals surface area contributed by atoms with Gasteiger partial charge in [0, 0.05) is 11.6 Å². The Morgan fingerprint density at radius 2 is 2.00 bits per heavy atom. The molecule has 128 valence electrons. The average Bonchev–Trinajstić information content (AvgIpc) is 2.61. The Morgan fingerprint density at radius 1 is 1.32 bits per heavy atom. The van der Waals surface area contributed by atoms with Gasteiger partial charge in [-0.25, -0.2) is 0 Å². The lowest BCUT2D eigenvalue weighted by Gasteiger charge is -2.07. The molecule has 25 heavy (non-hydrogen) atoms. The van der Waals surface area contributed by atoms with Crippen LogP contribution in [0.3, 0.4) is 0 Å². The van der Waals surface area contributed by atoms with Gasteiger partial charge < -0.3 is 0 Å². The van der Waals surface area contributed by atoms with Crippen LogP contribution in [0, 0.1) is 21.4 Å². The number of Topliss-reactive ketones (excluding diaryl/α,β-unsaturated/α-hetero) is 1. The number of ketones is 1. The Balaban J connectivity index is 2.25. The van der Waals surface area contributed by atoms with Crippen molar-refractivity contribution in [2.24, 2.45) is 0 Å². The van der Waals surface area contributed by atoms with Crippen LogP contribution in [0.4, 0.5) is 5.69 Å². The van der Waals surface area contributed by atoms with Gasteiger partial charge in [-0.3, -0.25) is 24.3 Å². The van der Waals surface area contributed by atoms with Gasteiger partial charge in [0.25, 0.3) is 11.2 Å². The molecule has 2 aromatic rings. The fraction of sp³-hybridized carbons (Fsp3) is 0.278. The molecule has 0 atom stereocenters. The minimum atomic E-state index is -0.721. The summed E-state index contributed by atoms with van der Waals surface area (Å²) in [5.74, 6) is -0.353. The number of unbranched alkanes of at least 4 members (excludes halogenated alkanes) is 1. The number of carbonyl (C=O) groups is 1. The second-order valence-corrected chi connectivity index (χ2v) is 5.64. The summed E-state index contributed by atoms with van der Waals surface area (Å²) in [7, 11) is 0. The molecule has 0 unspecified atom stereocenters. The zero-order valence-electron chi connectivity index (χ0n) is 13.8. The highest BCUT2D eigenvalue weighted by atomic mass is 16.6. The number of aromatic nitrogens is 1. The zero-order valence-corrected chi connectivity index (χ0v) is 13.8. The van der Waals surface area contributed by atoms with E-state index < -0.39 is 16.2 Å². The van der Waals surface area contributed by atoms with E-state index in [4.69, 9.17) is 5.26 Å². The number of nitriles is 1. The summed E-state index contributed by atoms with van der Waals surface area (Å²) in [6.07, 6.45) is 4.06. The second-order valence-electron chi connectivity index (χ2n) is 5.64. The molecular weight excluding hydrogens is 322 g/mol. The molecular formula is C18H17N3O4. The van der Waals surface area contributed by atoms with E-state index in [0.717, 1.165) is 41.7 Å². The minimum absolute atomic E-state index is 0.353. The van der Waals surface area contributed by atoms with Gasteiger partial charge in [-0.15, -0.1) is 0 Å². The van der Waals surface area contributed by atoms with Crippen LogP contribution in [-0.2, 0) is 13.0 Å². The molecule has 0 radical (unpaired) electrons. The number of rotatable bonds is 7. The predicted molar refractivity (Wildman–Crippen MR) is 91.5 cm³/mol. The van der Waals surface area contributed by atoms with E-state index in [-0.39, 0.29) is 17.9 Å². The van der Waals surface area contributed by atoms with Gasteiger partial charge in [0.05, 0.1) is 17.7 Å². The molecule has 0 saturated heterocycles. The molecule has 7 heteroatoms. The Bertz CT molecular complexity index is 892. The van der Waals surface area contributed by atoms with Crippen molar-refractivity contribution in [3.8, 4) is 6.07 Å². The first kappa shape index (κ1) is 18.1. The van der Waals surface area contributed by atoms with Crippen molar-refractivity contribution in [1.29, 1.82) is 5.26 Å². The molecule has 0 spiro atoms. The molecule has 0 saturated carbocycles. The Hall–Kier alpha value is -3.27. The number of carbonyl (C=O) groups excluding carboxylic acids is 1. The van der Waals surface area contributed by atoms with Crippen LogP contribution >= 0.6 is 0 Å². The van der Waals surface area contributed by atoms with Crippen molar-refractivity contribution >= 4 is 11.5 Å². The van der Waals surface area contributed by atoms with E-state index in [0.29, 0.717) is 5.56 Å². The maximum Gasteiger partial charge on any atom is 0.287 e. The summed E-state index contributed by atoms with van der Waals surface area (Å²) in [4.78, 5) is 34.6. The third-order valence-corrected chi connectivity index (χ3v) is 3.81. The molecule has 0 N–H and O–H groups in total. The summed E-state index contributed by atoms with van der Waals surface area (Å²) >= 11 is 0. The minimum Gasteiger partial charge on any atom is -0.300 e. The van der Waals surface area contributed by atoms with Crippen LogP contribution < -0.4 is 5.56 Å². The molecule has 0 aliphatic carbocycles. The summed E-state index contributed by atoms with van der Waals surface area (Å²) in [5.41, 5.74) is 0.0478. The van der Waals surface area contributed by atoms with Crippen molar-refractivity contribution < 1.29 is 9.72 Å². The van der Waals surface area contributed by atoms with Crippen LogP contribution in [0.15, 0.2) is 41.3 Å². The maximum absolute atomic E-state index is 12.4. The van der Waals surface area contributed by atoms with Crippen LogP contribution in [0.2, 0.25) is 0 Å². The van der Waals surface area contributed by atoms with E-state index in [9.17, 15) is 19.7 Å². The van der Waals surface area contributed by atoms with Gasteiger partial charge in [0.15, 0.2) is 5.78 Å². The molecule has 0 amide bonds. The fourth-order valence-electron chi connectivity index (χ4n) is 2.40. The zero-order chi connectivity index (χ0) is 18.4. The quantitative estimate of drug-likeness (QED) is 0.438. The number of hydrogen-bond donors (Lipinski definition) is 0. The highest BCUT2D eigenvalue weighted by molar-refractivity contribution is 5.95. The number of hydrogen-bond acceptors (Lipinski definition) is 5. The monoisotopic (exact) mass is 339 g/mol. The summed E-state index contributed by atoms with van der Waals surface area (Å²) in [6.45, 7) is 1.74. The van der Waals surface area contributed by atoms with Crippen molar-refractivity contribution in [2.45, 2.75) is 32.7 Å².